The van der Waals surface area contributed by atoms with Crippen LogP contribution in [0.3, 0.4) is 0 Å². The lowest BCUT2D eigenvalue weighted by Gasteiger charge is -2.25. The van der Waals surface area contributed by atoms with Gasteiger partial charge < -0.3 is 20.4 Å². The van der Waals surface area contributed by atoms with Crippen LogP contribution in [0.4, 0.5) is 29.7 Å². The van der Waals surface area contributed by atoms with E-state index in [4.69, 9.17) is 0 Å². The first-order valence-electron chi connectivity index (χ1n) is 13.2. The van der Waals surface area contributed by atoms with E-state index in [-0.39, 0.29) is 17.2 Å². The smallest absolute Gasteiger partial charge is 0.370 e. The second-order valence-corrected chi connectivity index (χ2v) is 11.2. The Labute approximate surface area is 244 Å². The Bertz CT molecular complexity index is 1620. The van der Waals surface area contributed by atoms with Crippen molar-refractivity contribution in [3.63, 3.8) is 0 Å². The summed E-state index contributed by atoms with van der Waals surface area (Å²) < 4.78 is 42.9. The van der Waals surface area contributed by atoms with Crippen molar-refractivity contribution in [2.45, 2.75) is 26.4 Å². The molecule has 2 aromatic carbocycles. The van der Waals surface area contributed by atoms with Gasteiger partial charge in [0.1, 0.15) is 5.69 Å². The van der Waals surface area contributed by atoms with Gasteiger partial charge in [-0.15, -0.1) is 5.10 Å². The molecular formula is C28H29F3N8O2S. The number of nitrogens with zero attached hydrogens (tertiary/aromatic N) is 6. The molecule has 1 fully saturated rings. The van der Waals surface area contributed by atoms with Crippen molar-refractivity contribution in [2.24, 2.45) is 0 Å². The third-order valence-corrected chi connectivity index (χ3v) is 7.78. The number of hydrogen-bond acceptors (Lipinski definition) is 8. The van der Waals surface area contributed by atoms with Crippen LogP contribution in [0.2, 0.25) is 0 Å². The average Bonchev–Trinajstić information content (AvgIpc) is 3.54. The van der Waals surface area contributed by atoms with Crippen LogP contribution < -0.4 is 15.5 Å². The van der Waals surface area contributed by atoms with Gasteiger partial charge in [-0.2, -0.15) is 13.2 Å². The Hall–Kier alpha value is -4.30. The van der Waals surface area contributed by atoms with Crippen LogP contribution in [-0.2, 0) is 11.0 Å². The summed E-state index contributed by atoms with van der Waals surface area (Å²) in [6.45, 7) is 6.04. The van der Waals surface area contributed by atoms with Crippen molar-refractivity contribution in [1.29, 1.82) is 0 Å². The molecule has 0 aliphatic carbocycles. The predicted octanol–water partition coefficient (Wildman–Crippen LogP) is 5.07. The Balaban J connectivity index is 1.39. The summed E-state index contributed by atoms with van der Waals surface area (Å²) in [6.07, 6.45) is -0.494. The zero-order chi connectivity index (χ0) is 30.0. The predicted molar refractivity (Wildman–Crippen MR) is 155 cm³/mol. The maximum atomic E-state index is 13.8. The fourth-order valence-electron chi connectivity index (χ4n) is 4.63. The minimum atomic E-state index is -4.57. The molecule has 0 saturated carbocycles. The van der Waals surface area contributed by atoms with Crippen LogP contribution in [0.15, 0.2) is 48.8 Å². The number of carbonyl (C=O) groups is 2. The molecule has 2 N–H and O–H groups in total. The maximum Gasteiger partial charge on any atom is 0.416 e. The Morgan fingerprint density at radius 3 is 2.60 bits per heavy atom. The van der Waals surface area contributed by atoms with E-state index in [2.05, 4.69) is 30.8 Å². The summed E-state index contributed by atoms with van der Waals surface area (Å²) >= 11 is 1.24. The van der Waals surface area contributed by atoms with Crippen molar-refractivity contribution in [2.75, 3.05) is 48.8 Å². The molecule has 0 atom stereocenters. The van der Waals surface area contributed by atoms with Crippen LogP contribution in [0, 0.1) is 6.92 Å². The lowest BCUT2D eigenvalue weighted by molar-refractivity contribution is -0.137. The van der Waals surface area contributed by atoms with Gasteiger partial charge in [0.15, 0.2) is 5.13 Å². The first kappa shape index (κ1) is 29.2. The van der Waals surface area contributed by atoms with Crippen LogP contribution in [0.5, 0.6) is 0 Å². The number of likely N-dealkylation sites (N-methyl/N-ethyl adjacent to an activating group) is 1. The quantitative estimate of drug-likeness (QED) is 0.319. The van der Waals surface area contributed by atoms with Gasteiger partial charge in [0.2, 0.25) is 5.91 Å². The normalized spacial score (nSPS) is 14.5. The van der Waals surface area contributed by atoms with Crippen molar-refractivity contribution < 1.29 is 22.8 Å². The topological polar surface area (TPSA) is 108 Å². The van der Waals surface area contributed by atoms with Gasteiger partial charge in [-0.3, -0.25) is 9.59 Å². The highest BCUT2D eigenvalue weighted by atomic mass is 32.1. The number of thiazole rings is 1. The first-order valence-corrected chi connectivity index (χ1v) is 14.0. The minimum absolute atomic E-state index is 0.0627. The highest BCUT2D eigenvalue weighted by Crippen LogP contribution is 2.35. The number of benzene rings is 2. The van der Waals surface area contributed by atoms with Crippen LogP contribution in [0.25, 0.3) is 16.3 Å². The number of anilines is 3. The number of nitrogens with one attached hydrogen (secondary N) is 2. The minimum Gasteiger partial charge on any atom is -0.370 e. The molecule has 10 nitrogen and oxygen atoms in total. The van der Waals surface area contributed by atoms with E-state index in [9.17, 15) is 22.8 Å². The van der Waals surface area contributed by atoms with Crippen LogP contribution in [0.1, 0.15) is 34.8 Å². The number of aryl methyl sites for hydroxylation is 1. The maximum absolute atomic E-state index is 13.8. The molecule has 0 unspecified atom stereocenters. The molecule has 14 heteroatoms. The molecule has 220 valence electrons. The van der Waals surface area contributed by atoms with Crippen molar-refractivity contribution in [1.82, 2.24) is 24.9 Å². The molecule has 1 saturated heterocycles. The fraction of sp³-hybridized carbons (Fsp3) is 0.321. The Morgan fingerprint density at radius 2 is 1.83 bits per heavy atom. The third-order valence-electron chi connectivity index (χ3n) is 6.84. The molecular weight excluding hydrogens is 569 g/mol. The molecule has 42 heavy (non-hydrogen) atoms. The third kappa shape index (κ3) is 6.77. The van der Waals surface area contributed by atoms with Crippen molar-refractivity contribution >= 4 is 39.7 Å². The molecule has 1 aliphatic heterocycles. The van der Waals surface area contributed by atoms with Gasteiger partial charge in [0.25, 0.3) is 5.91 Å². The zero-order valence-electron chi connectivity index (χ0n) is 23.2. The van der Waals surface area contributed by atoms with Gasteiger partial charge in [-0.1, -0.05) is 22.6 Å². The van der Waals surface area contributed by atoms with E-state index in [1.54, 1.807) is 36.7 Å². The molecule has 1 aliphatic rings. The molecule has 5 rings (SSSR count). The van der Waals surface area contributed by atoms with E-state index in [1.807, 2.05) is 18.9 Å². The van der Waals surface area contributed by atoms with Crippen LogP contribution in [-0.4, -0.2) is 69.9 Å². The molecule has 2 amide bonds. The van der Waals surface area contributed by atoms with Gasteiger partial charge in [-0.05, 0) is 62.8 Å². The van der Waals surface area contributed by atoms with E-state index >= 15 is 0 Å². The standard InChI is InChI=1S/C28H29F3N8O2S/c1-17-5-6-19(11-24(17)39-16-23(35-36-39)25-15-32-27(42-25)33-18(2)40)26(41)34-21-12-20(28(29,30)31)13-22(14-21)38-8-4-7-37(3)9-10-38/h5-6,11-16H,4,7-10H2,1-3H3,(H,34,41)(H,32,33,40). The van der Waals surface area contributed by atoms with Crippen LogP contribution >= 0.6 is 11.3 Å². The number of aromatic nitrogens is 4. The monoisotopic (exact) mass is 598 g/mol. The highest BCUT2D eigenvalue weighted by molar-refractivity contribution is 7.19. The number of carbonyl (C=O) groups excluding carboxylic acids is 2. The van der Waals surface area contributed by atoms with E-state index in [0.717, 1.165) is 37.2 Å². The lowest BCUT2D eigenvalue weighted by atomic mass is 10.1. The first-order chi connectivity index (χ1) is 20.0. The van der Waals surface area contributed by atoms with E-state index < -0.39 is 17.6 Å². The van der Waals surface area contributed by atoms with E-state index in [0.29, 0.717) is 40.2 Å². The Kier molecular flexibility index (Phi) is 8.27. The number of hydrogen-bond donors (Lipinski definition) is 2. The fourth-order valence-corrected chi connectivity index (χ4v) is 5.44. The van der Waals surface area contributed by atoms with Gasteiger partial charge in [-0.25, -0.2) is 9.67 Å². The number of alkyl halides is 3. The van der Waals surface area contributed by atoms with Gasteiger partial charge in [0.05, 0.1) is 22.3 Å². The summed E-state index contributed by atoms with van der Waals surface area (Å²) in [5.41, 5.74) is 1.80. The summed E-state index contributed by atoms with van der Waals surface area (Å²) in [5, 5.41) is 14.1. The van der Waals surface area contributed by atoms with Gasteiger partial charge in [0, 0.05) is 49.7 Å². The molecule has 3 heterocycles. The molecule has 0 radical (unpaired) electrons. The van der Waals surface area contributed by atoms with Crippen molar-refractivity contribution in [3.8, 4) is 16.3 Å². The molecule has 0 spiro atoms. The highest BCUT2D eigenvalue weighted by Gasteiger charge is 2.32. The molecule has 0 bridgehead atoms. The summed E-state index contributed by atoms with van der Waals surface area (Å²) in [5.74, 6) is -0.790. The van der Waals surface area contributed by atoms with Gasteiger partial charge >= 0.3 is 6.18 Å². The molecule has 2 aromatic heterocycles. The zero-order valence-corrected chi connectivity index (χ0v) is 24.0. The average molecular weight is 599 g/mol. The Morgan fingerprint density at radius 1 is 1.02 bits per heavy atom. The summed E-state index contributed by atoms with van der Waals surface area (Å²) in [7, 11) is 1.99. The second-order valence-electron chi connectivity index (χ2n) is 10.1. The summed E-state index contributed by atoms with van der Waals surface area (Å²) in [4.78, 5) is 33.5. The van der Waals surface area contributed by atoms with E-state index in [1.165, 1.54) is 22.9 Å². The SMILES string of the molecule is CC(=O)Nc1ncc(-c2cn(-c3cc(C(=O)Nc4cc(N5CCCN(C)CC5)cc(C(F)(F)F)c4)ccc3C)nn2)s1. The second kappa shape index (κ2) is 11.9. The number of rotatable bonds is 6. The number of amides is 2. The number of halogens is 3. The van der Waals surface area contributed by atoms with Crippen molar-refractivity contribution in [3.05, 3.63) is 65.5 Å². The summed E-state index contributed by atoms with van der Waals surface area (Å²) in [6, 6.07) is 8.62. The molecule has 4 aromatic rings. The lowest BCUT2D eigenvalue weighted by Crippen LogP contribution is -2.29. The largest absolute Gasteiger partial charge is 0.416 e.